The van der Waals surface area contributed by atoms with Gasteiger partial charge in [-0.05, 0) is 42.5 Å². The third-order valence-corrected chi connectivity index (χ3v) is 6.53. The lowest BCUT2D eigenvalue weighted by Gasteiger charge is -2.32. The predicted molar refractivity (Wildman–Crippen MR) is 128 cm³/mol. The number of para-hydroxylation sites is 1. The van der Waals surface area contributed by atoms with Crippen molar-refractivity contribution in [1.29, 1.82) is 0 Å². The van der Waals surface area contributed by atoms with Gasteiger partial charge in [0.2, 0.25) is 11.8 Å². The SMILES string of the molecule is O=C(NCC(=O)N(c1ccccc1)[C@H](C(=O)NC1CCCC1)c1cccnc1)c1cccs1. The Morgan fingerprint density at radius 2 is 1.82 bits per heavy atom. The second kappa shape index (κ2) is 10.9. The Morgan fingerprint density at radius 3 is 2.48 bits per heavy atom. The van der Waals surface area contributed by atoms with Crippen molar-refractivity contribution >= 4 is 34.7 Å². The van der Waals surface area contributed by atoms with E-state index in [9.17, 15) is 14.4 Å². The Labute approximate surface area is 196 Å². The molecule has 7 nitrogen and oxygen atoms in total. The summed E-state index contributed by atoms with van der Waals surface area (Å²) in [4.78, 5) is 45.6. The van der Waals surface area contributed by atoms with Crippen LogP contribution in [0.3, 0.4) is 0 Å². The van der Waals surface area contributed by atoms with Gasteiger partial charge in [-0.3, -0.25) is 24.3 Å². The molecule has 0 aliphatic heterocycles. The number of carbonyl (C=O) groups excluding carboxylic acids is 3. The third kappa shape index (κ3) is 5.64. The first-order valence-electron chi connectivity index (χ1n) is 11.0. The van der Waals surface area contributed by atoms with E-state index >= 15 is 0 Å². The lowest BCUT2D eigenvalue weighted by Crippen LogP contribution is -2.49. The molecule has 3 amide bonds. The second-order valence-electron chi connectivity index (χ2n) is 7.94. The molecule has 1 fully saturated rings. The van der Waals surface area contributed by atoms with Crippen LogP contribution in [0.1, 0.15) is 47.0 Å². The van der Waals surface area contributed by atoms with Crippen molar-refractivity contribution in [2.75, 3.05) is 11.4 Å². The van der Waals surface area contributed by atoms with Crippen LogP contribution in [0.5, 0.6) is 0 Å². The summed E-state index contributed by atoms with van der Waals surface area (Å²) in [6.07, 6.45) is 7.26. The minimum atomic E-state index is -0.909. The summed E-state index contributed by atoms with van der Waals surface area (Å²) in [6, 6.07) is 15.3. The van der Waals surface area contributed by atoms with Crippen molar-refractivity contribution in [3.63, 3.8) is 0 Å². The fourth-order valence-electron chi connectivity index (χ4n) is 4.07. The number of carbonyl (C=O) groups is 3. The standard InChI is InChI=1S/C25H26N4O3S/c30-22(17-27-24(31)21-13-7-15-33-21)29(20-11-2-1-3-12-20)23(18-8-6-14-26-16-18)25(32)28-19-9-4-5-10-19/h1-3,6-8,11-16,19,23H,4-5,9-10,17H2,(H,27,31)(H,28,32)/t23-/m0/s1. The maximum Gasteiger partial charge on any atom is 0.261 e. The molecule has 1 aliphatic carbocycles. The van der Waals surface area contributed by atoms with Crippen molar-refractivity contribution in [1.82, 2.24) is 15.6 Å². The molecule has 1 atom stereocenters. The minimum Gasteiger partial charge on any atom is -0.351 e. The van der Waals surface area contributed by atoms with Crippen LogP contribution in [-0.2, 0) is 9.59 Å². The molecule has 1 aliphatic rings. The van der Waals surface area contributed by atoms with Crippen molar-refractivity contribution in [2.24, 2.45) is 0 Å². The van der Waals surface area contributed by atoms with E-state index in [-0.39, 0.29) is 30.3 Å². The molecule has 3 aromatic rings. The molecule has 0 radical (unpaired) electrons. The fraction of sp³-hybridized carbons (Fsp3) is 0.280. The summed E-state index contributed by atoms with van der Waals surface area (Å²) >= 11 is 1.30. The molecule has 4 rings (SSSR count). The summed E-state index contributed by atoms with van der Waals surface area (Å²) in [5.74, 6) is -0.960. The topological polar surface area (TPSA) is 91.4 Å². The number of nitrogens with zero attached hydrogens (tertiary/aromatic N) is 2. The van der Waals surface area contributed by atoms with Crippen molar-refractivity contribution in [3.8, 4) is 0 Å². The molecule has 2 aromatic heterocycles. The molecule has 0 bridgehead atoms. The number of anilines is 1. The normalized spacial score (nSPS) is 14.4. The monoisotopic (exact) mass is 462 g/mol. The minimum absolute atomic E-state index is 0.0999. The lowest BCUT2D eigenvalue weighted by molar-refractivity contribution is -0.126. The van der Waals surface area contributed by atoms with Crippen LogP contribution < -0.4 is 15.5 Å². The number of amides is 3. The highest BCUT2D eigenvalue weighted by Crippen LogP contribution is 2.28. The maximum atomic E-state index is 13.5. The Morgan fingerprint density at radius 1 is 1.03 bits per heavy atom. The first-order valence-corrected chi connectivity index (χ1v) is 11.9. The molecule has 1 aromatic carbocycles. The molecule has 33 heavy (non-hydrogen) atoms. The van der Waals surface area contributed by atoms with Crippen molar-refractivity contribution in [2.45, 2.75) is 37.8 Å². The highest BCUT2D eigenvalue weighted by atomic mass is 32.1. The highest BCUT2D eigenvalue weighted by molar-refractivity contribution is 7.12. The van der Waals surface area contributed by atoms with E-state index in [1.165, 1.54) is 16.2 Å². The highest BCUT2D eigenvalue weighted by Gasteiger charge is 2.34. The van der Waals surface area contributed by atoms with Crippen molar-refractivity contribution < 1.29 is 14.4 Å². The summed E-state index contributed by atoms with van der Waals surface area (Å²) in [5.41, 5.74) is 1.18. The number of pyridine rings is 1. The van der Waals surface area contributed by atoms with Gasteiger partial charge < -0.3 is 10.6 Å². The van der Waals surface area contributed by atoms with Gasteiger partial charge in [-0.25, -0.2) is 0 Å². The van der Waals surface area contributed by atoms with Crippen LogP contribution in [-0.4, -0.2) is 35.3 Å². The van der Waals surface area contributed by atoms with Gasteiger partial charge in [-0.1, -0.05) is 43.2 Å². The fourth-order valence-corrected chi connectivity index (χ4v) is 4.71. The van der Waals surface area contributed by atoms with Crippen LogP contribution in [0.15, 0.2) is 72.4 Å². The van der Waals surface area contributed by atoms with Crippen LogP contribution in [0.4, 0.5) is 5.69 Å². The number of aromatic nitrogens is 1. The zero-order valence-corrected chi connectivity index (χ0v) is 19.0. The molecule has 8 heteroatoms. The first-order chi connectivity index (χ1) is 16.1. The van der Waals surface area contributed by atoms with E-state index in [4.69, 9.17) is 0 Å². The average molecular weight is 463 g/mol. The third-order valence-electron chi connectivity index (χ3n) is 5.66. The lowest BCUT2D eigenvalue weighted by atomic mass is 10.0. The van der Waals surface area contributed by atoms with Crippen LogP contribution >= 0.6 is 11.3 Å². The summed E-state index contributed by atoms with van der Waals surface area (Å²) in [5, 5.41) is 7.61. The molecule has 2 N–H and O–H groups in total. The molecular formula is C25H26N4O3S. The second-order valence-corrected chi connectivity index (χ2v) is 8.89. The number of hydrogen-bond acceptors (Lipinski definition) is 5. The Balaban J connectivity index is 1.63. The van der Waals surface area contributed by atoms with Gasteiger partial charge in [-0.2, -0.15) is 0 Å². The maximum absolute atomic E-state index is 13.5. The molecule has 0 spiro atoms. The largest absolute Gasteiger partial charge is 0.351 e. The van der Waals surface area contributed by atoms with Crippen LogP contribution in [0, 0.1) is 0 Å². The van der Waals surface area contributed by atoms with E-state index in [2.05, 4.69) is 15.6 Å². The van der Waals surface area contributed by atoms with Gasteiger partial charge in [-0.15, -0.1) is 11.3 Å². The van der Waals surface area contributed by atoms with E-state index in [1.54, 1.807) is 54.2 Å². The van der Waals surface area contributed by atoms with Gasteiger partial charge in [0.25, 0.3) is 5.91 Å². The van der Waals surface area contributed by atoms with Gasteiger partial charge in [0, 0.05) is 29.7 Å². The molecular weight excluding hydrogens is 436 g/mol. The van der Waals surface area contributed by atoms with Gasteiger partial charge in [0.1, 0.15) is 6.04 Å². The number of rotatable bonds is 8. The van der Waals surface area contributed by atoms with Gasteiger partial charge >= 0.3 is 0 Å². The van der Waals surface area contributed by atoms with Crippen LogP contribution in [0.25, 0.3) is 0 Å². The zero-order chi connectivity index (χ0) is 23.0. The van der Waals surface area contributed by atoms with Gasteiger partial charge in [0.15, 0.2) is 0 Å². The van der Waals surface area contributed by atoms with E-state index in [0.717, 1.165) is 25.7 Å². The molecule has 170 valence electrons. The summed E-state index contributed by atoms with van der Waals surface area (Å²) in [6.45, 7) is -0.237. The predicted octanol–water partition coefficient (Wildman–Crippen LogP) is 3.71. The quantitative estimate of drug-likeness (QED) is 0.534. The number of thiophene rings is 1. The number of hydrogen-bond donors (Lipinski definition) is 2. The zero-order valence-electron chi connectivity index (χ0n) is 18.1. The van der Waals surface area contributed by atoms with Crippen molar-refractivity contribution in [3.05, 3.63) is 82.8 Å². The van der Waals surface area contributed by atoms with Gasteiger partial charge in [0.05, 0.1) is 11.4 Å². The number of nitrogens with one attached hydrogen (secondary N) is 2. The Bertz CT molecular complexity index is 1070. The molecule has 1 saturated carbocycles. The summed E-state index contributed by atoms with van der Waals surface area (Å²) < 4.78 is 0. The molecule has 2 heterocycles. The first kappa shape index (κ1) is 22.7. The Hall–Kier alpha value is -3.52. The Kier molecular flexibility index (Phi) is 7.47. The number of benzene rings is 1. The summed E-state index contributed by atoms with van der Waals surface area (Å²) in [7, 11) is 0. The van der Waals surface area contributed by atoms with E-state index in [0.29, 0.717) is 16.1 Å². The molecule has 0 unspecified atom stereocenters. The smallest absolute Gasteiger partial charge is 0.261 e. The molecule has 0 saturated heterocycles. The average Bonchev–Trinajstić information content (AvgIpc) is 3.56. The van der Waals surface area contributed by atoms with Crippen LogP contribution in [0.2, 0.25) is 0 Å². The van der Waals surface area contributed by atoms with E-state index < -0.39 is 6.04 Å². The van der Waals surface area contributed by atoms with E-state index in [1.807, 2.05) is 18.2 Å².